The van der Waals surface area contributed by atoms with E-state index in [4.69, 9.17) is 10.2 Å². The van der Waals surface area contributed by atoms with Crippen LogP contribution in [0.5, 0.6) is 0 Å². The first-order valence-corrected chi connectivity index (χ1v) is 10.9. The Labute approximate surface area is 196 Å². The number of halogens is 2. The molecule has 4 aromatic rings. The Hall–Kier alpha value is -3.78. The zero-order valence-electron chi connectivity index (χ0n) is 19.1. The largest absolute Gasteiger partial charge is 0.420 e. The van der Waals surface area contributed by atoms with Gasteiger partial charge in [-0.15, -0.1) is 0 Å². The molecule has 1 atom stereocenters. The Morgan fingerprint density at radius 2 is 1.71 bits per heavy atom. The van der Waals surface area contributed by atoms with Crippen molar-refractivity contribution in [3.05, 3.63) is 100 Å². The van der Waals surface area contributed by atoms with Crippen molar-refractivity contribution in [2.24, 2.45) is 5.73 Å². The maximum Gasteiger partial charge on any atom is 0.420 e. The highest BCUT2D eigenvalue weighted by molar-refractivity contribution is 5.83. The SMILES string of the molecule is CC(N)Cc1cc(F)cc(F)c1.CCN(C=O)c1ccc2oc(=O)n(Cc3ccccc3)c2c1. The Bertz CT molecular complexity index is 1280. The van der Waals surface area contributed by atoms with Crippen LogP contribution in [0.15, 0.2) is 75.9 Å². The van der Waals surface area contributed by atoms with Crippen LogP contribution < -0.4 is 16.4 Å². The number of oxazole rings is 1. The lowest BCUT2D eigenvalue weighted by Crippen LogP contribution is -2.20. The maximum absolute atomic E-state index is 12.6. The molecule has 0 aliphatic heterocycles. The zero-order valence-corrected chi connectivity index (χ0v) is 19.1. The predicted molar refractivity (Wildman–Crippen MR) is 129 cm³/mol. The number of aromatic nitrogens is 1. The third-order valence-electron chi connectivity index (χ3n) is 5.11. The van der Waals surface area contributed by atoms with E-state index in [0.717, 1.165) is 23.7 Å². The second kappa shape index (κ2) is 11.4. The van der Waals surface area contributed by atoms with E-state index >= 15 is 0 Å². The first kappa shape index (κ1) is 24.9. The minimum Gasteiger partial charge on any atom is -0.408 e. The molecule has 178 valence electrons. The van der Waals surface area contributed by atoms with Crippen molar-refractivity contribution in [1.29, 1.82) is 0 Å². The number of hydrogen-bond donors (Lipinski definition) is 1. The summed E-state index contributed by atoms with van der Waals surface area (Å²) >= 11 is 0. The highest BCUT2D eigenvalue weighted by atomic mass is 19.1. The van der Waals surface area contributed by atoms with Gasteiger partial charge in [-0.2, -0.15) is 0 Å². The standard InChI is InChI=1S/C17H16N2O3.C9H11F2N/c1-2-18(12-20)14-8-9-16-15(10-14)19(17(21)22-16)11-13-6-4-3-5-7-13;1-6(12)2-7-3-8(10)5-9(11)4-7/h3-10,12H,2,11H2,1H3;3-6H,2,12H2,1H3. The number of anilines is 1. The minimum atomic E-state index is -0.550. The Balaban J connectivity index is 0.000000229. The molecular weight excluding hydrogens is 440 g/mol. The van der Waals surface area contributed by atoms with Gasteiger partial charge in [0, 0.05) is 24.3 Å². The second-order valence-electron chi connectivity index (χ2n) is 7.94. The molecule has 0 aliphatic rings. The van der Waals surface area contributed by atoms with Gasteiger partial charge < -0.3 is 15.1 Å². The van der Waals surface area contributed by atoms with E-state index < -0.39 is 17.4 Å². The molecule has 0 radical (unpaired) electrons. The van der Waals surface area contributed by atoms with Crippen LogP contribution in [-0.2, 0) is 17.8 Å². The van der Waals surface area contributed by atoms with Crippen molar-refractivity contribution in [3.63, 3.8) is 0 Å². The molecule has 4 rings (SSSR count). The molecule has 2 N–H and O–H groups in total. The lowest BCUT2D eigenvalue weighted by Gasteiger charge is -2.14. The van der Waals surface area contributed by atoms with E-state index in [9.17, 15) is 18.4 Å². The molecule has 1 amide bonds. The Morgan fingerprint density at radius 1 is 1.03 bits per heavy atom. The second-order valence-corrected chi connectivity index (χ2v) is 7.94. The number of rotatable bonds is 7. The molecule has 1 heterocycles. The van der Waals surface area contributed by atoms with Crippen LogP contribution in [0.4, 0.5) is 14.5 Å². The van der Waals surface area contributed by atoms with E-state index in [0.29, 0.717) is 36.2 Å². The monoisotopic (exact) mass is 467 g/mol. The summed E-state index contributed by atoms with van der Waals surface area (Å²) in [6.45, 7) is 4.69. The number of carbonyl (C=O) groups is 1. The van der Waals surface area contributed by atoms with Crippen molar-refractivity contribution < 1.29 is 18.0 Å². The van der Waals surface area contributed by atoms with Gasteiger partial charge in [0.15, 0.2) is 5.58 Å². The lowest BCUT2D eigenvalue weighted by atomic mass is 10.1. The lowest BCUT2D eigenvalue weighted by molar-refractivity contribution is -0.107. The first-order chi connectivity index (χ1) is 16.3. The van der Waals surface area contributed by atoms with Crippen LogP contribution in [0.1, 0.15) is 25.0 Å². The van der Waals surface area contributed by atoms with Crippen LogP contribution in [-0.4, -0.2) is 23.6 Å². The number of amides is 1. The van der Waals surface area contributed by atoms with Crippen molar-refractivity contribution >= 4 is 23.2 Å². The fourth-order valence-corrected chi connectivity index (χ4v) is 3.56. The third-order valence-corrected chi connectivity index (χ3v) is 5.11. The van der Waals surface area contributed by atoms with Gasteiger partial charge in [-0.1, -0.05) is 30.3 Å². The smallest absolute Gasteiger partial charge is 0.408 e. The molecule has 0 fully saturated rings. The van der Waals surface area contributed by atoms with Gasteiger partial charge in [0.05, 0.1) is 12.1 Å². The molecule has 34 heavy (non-hydrogen) atoms. The molecule has 1 unspecified atom stereocenters. The molecule has 3 aromatic carbocycles. The summed E-state index contributed by atoms with van der Waals surface area (Å²) in [5.41, 5.74) is 9.04. The summed E-state index contributed by atoms with van der Waals surface area (Å²) in [6, 6.07) is 18.4. The van der Waals surface area contributed by atoms with Gasteiger partial charge in [0.25, 0.3) is 0 Å². The van der Waals surface area contributed by atoms with Crippen molar-refractivity contribution in [2.75, 3.05) is 11.4 Å². The number of fused-ring (bicyclic) bond motifs is 1. The molecule has 1 aromatic heterocycles. The number of hydrogen-bond acceptors (Lipinski definition) is 4. The summed E-state index contributed by atoms with van der Waals surface area (Å²) in [6.07, 6.45) is 1.27. The molecule has 6 nitrogen and oxygen atoms in total. The first-order valence-electron chi connectivity index (χ1n) is 10.9. The van der Waals surface area contributed by atoms with Crippen LogP contribution in [0.3, 0.4) is 0 Å². The topological polar surface area (TPSA) is 81.5 Å². The van der Waals surface area contributed by atoms with Gasteiger partial charge >= 0.3 is 5.76 Å². The number of benzene rings is 3. The molecule has 0 bridgehead atoms. The van der Waals surface area contributed by atoms with Crippen molar-refractivity contribution in [3.8, 4) is 0 Å². The molecule has 0 spiro atoms. The van der Waals surface area contributed by atoms with E-state index in [2.05, 4.69) is 0 Å². The number of carbonyl (C=O) groups excluding carboxylic acids is 1. The molecule has 0 aliphatic carbocycles. The van der Waals surface area contributed by atoms with E-state index in [1.807, 2.05) is 37.3 Å². The Kier molecular flexibility index (Phi) is 8.32. The van der Waals surface area contributed by atoms with Gasteiger partial charge in [-0.05, 0) is 61.7 Å². The van der Waals surface area contributed by atoms with Gasteiger partial charge in [0.2, 0.25) is 6.41 Å². The summed E-state index contributed by atoms with van der Waals surface area (Å²) in [5, 5.41) is 0. The Morgan fingerprint density at radius 3 is 2.29 bits per heavy atom. The summed E-state index contributed by atoms with van der Waals surface area (Å²) in [5.74, 6) is -1.50. The summed E-state index contributed by atoms with van der Waals surface area (Å²) in [7, 11) is 0. The van der Waals surface area contributed by atoms with E-state index in [1.54, 1.807) is 34.6 Å². The van der Waals surface area contributed by atoms with E-state index in [-0.39, 0.29) is 6.04 Å². The summed E-state index contributed by atoms with van der Waals surface area (Å²) in [4.78, 5) is 24.7. The maximum atomic E-state index is 12.6. The minimum absolute atomic E-state index is 0.0776. The average molecular weight is 468 g/mol. The van der Waals surface area contributed by atoms with Crippen LogP contribution >= 0.6 is 0 Å². The van der Waals surface area contributed by atoms with Crippen molar-refractivity contribution in [1.82, 2.24) is 4.57 Å². The van der Waals surface area contributed by atoms with Gasteiger partial charge in [-0.3, -0.25) is 9.36 Å². The zero-order chi connectivity index (χ0) is 24.7. The predicted octanol–water partition coefficient (Wildman–Crippen LogP) is 4.48. The molecular formula is C26H27F2N3O3. The third kappa shape index (κ3) is 6.39. The van der Waals surface area contributed by atoms with E-state index in [1.165, 1.54) is 12.1 Å². The molecule has 8 heteroatoms. The summed E-state index contributed by atoms with van der Waals surface area (Å²) < 4.78 is 32.0. The fourth-order valence-electron chi connectivity index (χ4n) is 3.56. The quantitative estimate of drug-likeness (QED) is 0.407. The van der Waals surface area contributed by atoms with Crippen molar-refractivity contribution in [2.45, 2.75) is 32.9 Å². The molecule has 0 saturated heterocycles. The highest BCUT2D eigenvalue weighted by Crippen LogP contribution is 2.21. The fraction of sp³-hybridized carbons (Fsp3) is 0.231. The van der Waals surface area contributed by atoms with Crippen LogP contribution in [0.25, 0.3) is 11.1 Å². The number of nitrogens with zero attached hydrogens (tertiary/aromatic N) is 2. The van der Waals surface area contributed by atoms with Crippen LogP contribution in [0.2, 0.25) is 0 Å². The molecule has 0 saturated carbocycles. The normalized spacial score (nSPS) is 11.6. The average Bonchev–Trinajstić information content (AvgIpc) is 3.09. The highest BCUT2D eigenvalue weighted by Gasteiger charge is 2.12. The number of nitrogens with two attached hydrogens (primary N) is 1. The van der Waals surface area contributed by atoms with Crippen LogP contribution in [0, 0.1) is 11.6 Å². The van der Waals surface area contributed by atoms with Gasteiger partial charge in [0.1, 0.15) is 11.6 Å². The van der Waals surface area contributed by atoms with Gasteiger partial charge in [-0.25, -0.2) is 13.6 Å².